The predicted molar refractivity (Wildman–Crippen MR) is 86.2 cm³/mol. The molecule has 1 rings (SSSR count). The lowest BCUT2D eigenvalue weighted by Gasteiger charge is -2.25. The van der Waals surface area contributed by atoms with E-state index in [1.165, 1.54) is 20.8 Å². The quantitative estimate of drug-likeness (QED) is 0.731. The molecular formula is C16H22N2O5. The van der Waals surface area contributed by atoms with Crippen molar-refractivity contribution < 1.29 is 23.9 Å². The molecule has 7 nitrogen and oxygen atoms in total. The first-order valence-electron chi connectivity index (χ1n) is 7.28. The maximum Gasteiger partial charge on any atom is 0.302 e. The third kappa shape index (κ3) is 7.85. The second-order valence-electron chi connectivity index (χ2n) is 4.90. The molecule has 0 spiro atoms. The van der Waals surface area contributed by atoms with E-state index in [0.717, 1.165) is 5.69 Å². The summed E-state index contributed by atoms with van der Waals surface area (Å²) in [7, 11) is 0. The number of carbonyl (C=O) groups excluding carboxylic acids is 3. The normalized spacial score (nSPS) is 9.87. The molecule has 0 atom stereocenters. The number of ether oxygens (including phenoxy) is 2. The maximum atomic E-state index is 11.1. The molecule has 0 aliphatic rings. The minimum absolute atomic E-state index is 0.159. The van der Waals surface area contributed by atoms with Crippen LogP contribution >= 0.6 is 0 Å². The molecule has 0 aromatic heterocycles. The van der Waals surface area contributed by atoms with Gasteiger partial charge in [0.1, 0.15) is 13.2 Å². The summed E-state index contributed by atoms with van der Waals surface area (Å²) in [5, 5.41) is 2.71. The molecule has 0 saturated heterocycles. The molecule has 0 aliphatic heterocycles. The number of carbonyl (C=O) groups is 3. The van der Waals surface area contributed by atoms with Crippen LogP contribution in [-0.2, 0) is 23.9 Å². The van der Waals surface area contributed by atoms with Gasteiger partial charge in [-0.2, -0.15) is 0 Å². The van der Waals surface area contributed by atoms with Gasteiger partial charge >= 0.3 is 11.9 Å². The van der Waals surface area contributed by atoms with Crippen molar-refractivity contribution >= 4 is 29.2 Å². The van der Waals surface area contributed by atoms with Crippen LogP contribution in [0.4, 0.5) is 11.4 Å². The zero-order valence-corrected chi connectivity index (χ0v) is 13.6. The Balaban J connectivity index is 2.77. The van der Waals surface area contributed by atoms with Crippen molar-refractivity contribution in [1.82, 2.24) is 0 Å². The molecule has 0 radical (unpaired) electrons. The molecule has 0 aliphatic carbocycles. The molecule has 0 saturated carbocycles. The number of nitrogens with zero attached hydrogens (tertiary/aromatic N) is 1. The van der Waals surface area contributed by atoms with Crippen LogP contribution in [0.5, 0.6) is 0 Å². The molecular weight excluding hydrogens is 300 g/mol. The summed E-state index contributed by atoms with van der Waals surface area (Å²) in [6.45, 7) is 5.47. The molecule has 1 N–H and O–H groups in total. The number of rotatable bonds is 8. The number of anilines is 2. The number of nitrogens with one attached hydrogen (secondary N) is 1. The third-order valence-electron chi connectivity index (χ3n) is 2.86. The highest BCUT2D eigenvalue weighted by atomic mass is 16.5. The Morgan fingerprint density at radius 3 is 2.04 bits per heavy atom. The average molecular weight is 322 g/mol. The average Bonchev–Trinajstić information content (AvgIpc) is 2.44. The standard InChI is InChI=1S/C16H22N2O5/c1-12(19)17-15-5-4-6-16(11-15)18(7-9-22-13(2)20)8-10-23-14(3)21/h4-6,11H,7-10H2,1-3H3,(H,17,19). The van der Waals surface area contributed by atoms with Gasteiger partial charge in [0.2, 0.25) is 5.91 Å². The summed E-state index contributed by atoms with van der Waals surface area (Å²) in [5.41, 5.74) is 1.50. The minimum atomic E-state index is -0.350. The summed E-state index contributed by atoms with van der Waals surface area (Å²) in [6, 6.07) is 7.27. The molecule has 126 valence electrons. The van der Waals surface area contributed by atoms with Crippen LogP contribution in [0, 0.1) is 0 Å². The molecule has 0 unspecified atom stereocenters. The van der Waals surface area contributed by atoms with Gasteiger partial charge in [-0.05, 0) is 18.2 Å². The van der Waals surface area contributed by atoms with Crippen molar-refractivity contribution in [2.24, 2.45) is 0 Å². The van der Waals surface area contributed by atoms with E-state index in [-0.39, 0.29) is 31.1 Å². The van der Waals surface area contributed by atoms with Crippen LogP contribution in [0.3, 0.4) is 0 Å². The molecule has 0 bridgehead atoms. The zero-order chi connectivity index (χ0) is 17.2. The van der Waals surface area contributed by atoms with Gasteiger partial charge in [0.25, 0.3) is 0 Å². The molecule has 7 heteroatoms. The van der Waals surface area contributed by atoms with E-state index in [1.807, 2.05) is 23.1 Å². The van der Waals surface area contributed by atoms with Crippen LogP contribution in [-0.4, -0.2) is 44.1 Å². The van der Waals surface area contributed by atoms with Crippen molar-refractivity contribution in [2.75, 3.05) is 36.5 Å². The first kappa shape index (κ1) is 18.5. The van der Waals surface area contributed by atoms with E-state index in [0.29, 0.717) is 18.8 Å². The highest BCUT2D eigenvalue weighted by Gasteiger charge is 2.09. The van der Waals surface area contributed by atoms with Crippen molar-refractivity contribution in [1.29, 1.82) is 0 Å². The fourth-order valence-electron chi connectivity index (χ4n) is 1.95. The number of amides is 1. The summed E-state index contributed by atoms with van der Waals surface area (Å²) in [4.78, 5) is 34.8. The van der Waals surface area contributed by atoms with E-state index >= 15 is 0 Å². The van der Waals surface area contributed by atoms with Gasteiger partial charge in [0.05, 0.1) is 13.1 Å². The number of benzene rings is 1. The number of hydrogen-bond donors (Lipinski definition) is 1. The maximum absolute atomic E-state index is 11.1. The van der Waals surface area contributed by atoms with E-state index in [1.54, 1.807) is 6.07 Å². The van der Waals surface area contributed by atoms with Gasteiger partial charge < -0.3 is 19.7 Å². The Morgan fingerprint density at radius 1 is 1.00 bits per heavy atom. The lowest BCUT2D eigenvalue weighted by atomic mass is 10.2. The molecule has 23 heavy (non-hydrogen) atoms. The monoisotopic (exact) mass is 322 g/mol. The van der Waals surface area contributed by atoms with Gasteiger partial charge in [0.15, 0.2) is 0 Å². The van der Waals surface area contributed by atoms with Crippen molar-refractivity contribution in [3.05, 3.63) is 24.3 Å². The molecule has 1 aromatic carbocycles. The first-order chi connectivity index (χ1) is 10.9. The Kier molecular flexibility index (Phi) is 7.59. The van der Waals surface area contributed by atoms with E-state index in [4.69, 9.17) is 9.47 Å². The van der Waals surface area contributed by atoms with Gasteiger partial charge in [-0.1, -0.05) is 6.07 Å². The second kappa shape index (κ2) is 9.45. The first-order valence-corrected chi connectivity index (χ1v) is 7.28. The van der Waals surface area contributed by atoms with Crippen LogP contribution in [0.15, 0.2) is 24.3 Å². The van der Waals surface area contributed by atoms with Crippen molar-refractivity contribution in [3.63, 3.8) is 0 Å². The Bertz CT molecular complexity index is 539. The van der Waals surface area contributed by atoms with Gasteiger partial charge in [-0.25, -0.2) is 0 Å². The van der Waals surface area contributed by atoms with Crippen molar-refractivity contribution in [3.8, 4) is 0 Å². The summed E-state index contributed by atoms with van der Waals surface area (Å²) in [6.07, 6.45) is 0. The highest BCUT2D eigenvalue weighted by molar-refractivity contribution is 5.89. The molecule has 1 amide bonds. The smallest absolute Gasteiger partial charge is 0.302 e. The Morgan fingerprint density at radius 2 is 1.57 bits per heavy atom. The third-order valence-corrected chi connectivity index (χ3v) is 2.86. The van der Waals surface area contributed by atoms with E-state index in [2.05, 4.69) is 5.32 Å². The SMILES string of the molecule is CC(=O)Nc1cccc(N(CCOC(C)=O)CCOC(C)=O)c1. The van der Waals surface area contributed by atoms with Gasteiger partial charge in [-0.15, -0.1) is 0 Å². The van der Waals surface area contributed by atoms with Crippen LogP contribution in [0.1, 0.15) is 20.8 Å². The molecule has 0 fully saturated rings. The molecule has 0 heterocycles. The lowest BCUT2D eigenvalue weighted by Crippen LogP contribution is -2.32. The van der Waals surface area contributed by atoms with Crippen molar-refractivity contribution in [2.45, 2.75) is 20.8 Å². The van der Waals surface area contributed by atoms with Gasteiger partial charge in [-0.3, -0.25) is 14.4 Å². The topological polar surface area (TPSA) is 84.9 Å². The zero-order valence-electron chi connectivity index (χ0n) is 13.6. The summed E-state index contributed by atoms with van der Waals surface area (Å²) < 4.78 is 9.92. The highest BCUT2D eigenvalue weighted by Crippen LogP contribution is 2.19. The lowest BCUT2D eigenvalue weighted by molar-refractivity contribution is -0.141. The van der Waals surface area contributed by atoms with Gasteiger partial charge in [0, 0.05) is 32.1 Å². The number of esters is 2. The largest absolute Gasteiger partial charge is 0.464 e. The fraction of sp³-hybridized carbons (Fsp3) is 0.438. The molecule has 1 aromatic rings. The summed E-state index contributed by atoms with van der Waals surface area (Å²) in [5.74, 6) is -0.859. The van der Waals surface area contributed by atoms with Crippen LogP contribution in [0.25, 0.3) is 0 Å². The number of hydrogen-bond acceptors (Lipinski definition) is 6. The van der Waals surface area contributed by atoms with E-state index < -0.39 is 0 Å². The Labute approximate surface area is 135 Å². The Hall–Kier alpha value is -2.57. The van der Waals surface area contributed by atoms with Crippen LogP contribution in [0.2, 0.25) is 0 Å². The predicted octanol–water partition coefficient (Wildman–Crippen LogP) is 1.58. The summed E-state index contributed by atoms with van der Waals surface area (Å²) >= 11 is 0. The fourth-order valence-corrected chi connectivity index (χ4v) is 1.95. The minimum Gasteiger partial charge on any atom is -0.464 e. The van der Waals surface area contributed by atoms with E-state index in [9.17, 15) is 14.4 Å². The van der Waals surface area contributed by atoms with Crippen LogP contribution < -0.4 is 10.2 Å². The second-order valence-corrected chi connectivity index (χ2v) is 4.90.